The first-order valence-electron chi connectivity index (χ1n) is 9.45. The molecule has 3 rings (SSSR count). The largest absolute Gasteiger partial charge is 0.352 e. The summed E-state index contributed by atoms with van der Waals surface area (Å²) in [4.78, 5) is 36.6. The third-order valence-electron chi connectivity index (χ3n) is 4.27. The number of nitrogens with one attached hydrogen (secondary N) is 2. The highest BCUT2D eigenvalue weighted by Gasteiger charge is 2.10. The summed E-state index contributed by atoms with van der Waals surface area (Å²) in [5, 5.41) is 5.62. The van der Waals surface area contributed by atoms with E-state index in [1.165, 1.54) is 18.6 Å². The molecule has 0 spiro atoms. The van der Waals surface area contributed by atoms with E-state index in [0.29, 0.717) is 23.8 Å². The summed E-state index contributed by atoms with van der Waals surface area (Å²) in [6.45, 7) is 4.90. The number of aromatic nitrogens is 3. The van der Waals surface area contributed by atoms with Gasteiger partial charge in [-0.15, -0.1) is 0 Å². The number of hydrogen-bond donors (Lipinski definition) is 2. The Hall–Kier alpha value is -3.61. The van der Waals surface area contributed by atoms with Crippen LogP contribution in [0.1, 0.15) is 41.1 Å². The van der Waals surface area contributed by atoms with Gasteiger partial charge in [0.2, 0.25) is 0 Å². The molecule has 0 aliphatic rings. The van der Waals surface area contributed by atoms with Crippen LogP contribution in [-0.4, -0.2) is 33.3 Å². The molecule has 0 aliphatic carbocycles. The lowest BCUT2D eigenvalue weighted by molar-refractivity contribution is 0.0951. The normalized spacial score (nSPS) is 10.6. The lowest BCUT2D eigenvalue weighted by Crippen LogP contribution is -2.25. The first kappa shape index (κ1) is 20.1. The van der Waals surface area contributed by atoms with Gasteiger partial charge in [-0.25, -0.2) is 9.97 Å². The van der Waals surface area contributed by atoms with E-state index in [-0.39, 0.29) is 17.5 Å². The Kier molecular flexibility index (Phi) is 6.63. The van der Waals surface area contributed by atoms with E-state index >= 15 is 0 Å². The van der Waals surface area contributed by atoms with Crippen molar-refractivity contribution >= 4 is 17.6 Å². The summed E-state index contributed by atoms with van der Waals surface area (Å²) in [7, 11) is 0. The van der Waals surface area contributed by atoms with Gasteiger partial charge in [-0.3, -0.25) is 14.6 Å². The maximum atomic E-state index is 12.3. The van der Waals surface area contributed by atoms with Gasteiger partial charge in [-0.2, -0.15) is 0 Å². The minimum atomic E-state index is -0.376. The monoisotopic (exact) mass is 389 g/mol. The molecule has 2 N–H and O–H groups in total. The number of pyridine rings is 1. The number of nitrogens with zero attached hydrogens (tertiary/aromatic N) is 3. The molecule has 7 nitrogen and oxygen atoms in total. The molecule has 7 heteroatoms. The first-order chi connectivity index (χ1) is 14.0. The van der Waals surface area contributed by atoms with Crippen LogP contribution < -0.4 is 10.6 Å². The van der Waals surface area contributed by atoms with Gasteiger partial charge in [0.15, 0.2) is 0 Å². The number of carbonyl (C=O) groups excluding carboxylic acids is 2. The van der Waals surface area contributed by atoms with E-state index in [1.807, 2.05) is 24.3 Å². The minimum Gasteiger partial charge on any atom is -0.352 e. The second-order valence-electron chi connectivity index (χ2n) is 7.00. The van der Waals surface area contributed by atoms with E-state index in [4.69, 9.17) is 0 Å². The third kappa shape index (κ3) is 5.68. The van der Waals surface area contributed by atoms with Crippen molar-refractivity contribution in [3.8, 4) is 11.1 Å². The molecule has 0 unspecified atom stereocenters. The predicted molar refractivity (Wildman–Crippen MR) is 111 cm³/mol. The van der Waals surface area contributed by atoms with E-state index in [9.17, 15) is 9.59 Å². The maximum Gasteiger partial charge on any atom is 0.277 e. The Morgan fingerprint density at radius 3 is 2.52 bits per heavy atom. The van der Waals surface area contributed by atoms with Crippen molar-refractivity contribution in [1.82, 2.24) is 20.3 Å². The molecular formula is C22H23N5O2. The molecule has 0 atom stereocenters. The molecule has 2 amide bonds. The zero-order chi connectivity index (χ0) is 20.6. The highest BCUT2D eigenvalue weighted by molar-refractivity contribution is 6.02. The molecule has 0 saturated heterocycles. The average Bonchev–Trinajstić information content (AvgIpc) is 2.74. The van der Waals surface area contributed by atoms with Crippen LogP contribution >= 0.6 is 0 Å². The summed E-state index contributed by atoms with van der Waals surface area (Å²) in [5.41, 5.74) is 2.54. The molecule has 0 saturated carbocycles. The summed E-state index contributed by atoms with van der Waals surface area (Å²) in [5.74, 6) is 0.486. The van der Waals surface area contributed by atoms with Gasteiger partial charge < -0.3 is 10.6 Å². The molecule has 2 aromatic heterocycles. The molecule has 0 radical (unpaired) electrons. The SMILES string of the molecule is CC(C)CCNC(=O)c1cccc(-c2ccc(NC(=O)c3cnccn3)nc2)c1. The zero-order valence-corrected chi connectivity index (χ0v) is 16.4. The van der Waals surface area contributed by atoms with Crippen molar-refractivity contribution in [3.63, 3.8) is 0 Å². The highest BCUT2D eigenvalue weighted by atomic mass is 16.2. The molecule has 2 heterocycles. The molecule has 29 heavy (non-hydrogen) atoms. The van der Waals surface area contributed by atoms with Crippen LogP contribution in [-0.2, 0) is 0 Å². The van der Waals surface area contributed by atoms with E-state index in [0.717, 1.165) is 17.5 Å². The van der Waals surface area contributed by atoms with Crippen LogP contribution in [0.2, 0.25) is 0 Å². The molecule has 1 aromatic carbocycles. The fourth-order valence-corrected chi connectivity index (χ4v) is 2.65. The van der Waals surface area contributed by atoms with Gasteiger partial charge >= 0.3 is 0 Å². The van der Waals surface area contributed by atoms with Crippen molar-refractivity contribution in [1.29, 1.82) is 0 Å². The lowest BCUT2D eigenvalue weighted by Gasteiger charge is -2.09. The fourth-order valence-electron chi connectivity index (χ4n) is 2.65. The summed E-state index contributed by atoms with van der Waals surface area (Å²) < 4.78 is 0. The van der Waals surface area contributed by atoms with Gasteiger partial charge in [-0.05, 0) is 42.2 Å². The van der Waals surface area contributed by atoms with Gasteiger partial charge in [0, 0.05) is 36.3 Å². The van der Waals surface area contributed by atoms with E-state index in [1.54, 1.807) is 18.3 Å². The number of benzene rings is 1. The third-order valence-corrected chi connectivity index (χ3v) is 4.27. The Balaban J connectivity index is 1.67. The van der Waals surface area contributed by atoms with Crippen LogP contribution in [0, 0.1) is 5.92 Å². The van der Waals surface area contributed by atoms with Crippen LogP contribution in [0.5, 0.6) is 0 Å². The number of carbonyl (C=O) groups is 2. The Bertz CT molecular complexity index is 972. The molecule has 0 fully saturated rings. The number of anilines is 1. The first-order valence-corrected chi connectivity index (χ1v) is 9.45. The van der Waals surface area contributed by atoms with Gasteiger partial charge in [0.1, 0.15) is 11.5 Å². The average molecular weight is 389 g/mol. The number of amides is 2. The molecular weight excluding hydrogens is 366 g/mol. The standard InChI is InChI=1S/C22H23N5O2/c1-15(2)8-9-25-21(28)17-5-3-4-16(12-17)18-6-7-20(26-13-18)27-22(29)19-14-23-10-11-24-19/h3-7,10-15H,8-9H2,1-2H3,(H,25,28)(H,26,27,29). The van der Waals surface area contributed by atoms with Crippen molar-refractivity contribution < 1.29 is 9.59 Å². The van der Waals surface area contributed by atoms with Gasteiger partial charge in [0.25, 0.3) is 11.8 Å². The molecule has 148 valence electrons. The smallest absolute Gasteiger partial charge is 0.277 e. The summed E-state index contributed by atoms with van der Waals surface area (Å²) >= 11 is 0. The van der Waals surface area contributed by atoms with Crippen LogP contribution in [0.15, 0.2) is 61.2 Å². The Morgan fingerprint density at radius 1 is 0.966 bits per heavy atom. The summed E-state index contributed by atoms with van der Waals surface area (Å²) in [6, 6.07) is 10.9. The second-order valence-corrected chi connectivity index (χ2v) is 7.00. The van der Waals surface area contributed by atoms with Crippen LogP contribution in [0.25, 0.3) is 11.1 Å². The predicted octanol–water partition coefficient (Wildman–Crippen LogP) is 3.57. The highest BCUT2D eigenvalue weighted by Crippen LogP contribution is 2.21. The topological polar surface area (TPSA) is 96.9 Å². The van der Waals surface area contributed by atoms with E-state index < -0.39 is 0 Å². The van der Waals surface area contributed by atoms with Gasteiger partial charge in [0.05, 0.1) is 6.20 Å². The van der Waals surface area contributed by atoms with Crippen LogP contribution in [0.4, 0.5) is 5.82 Å². The van der Waals surface area contributed by atoms with Gasteiger partial charge in [-0.1, -0.05) is 26.0 Å². The van der Waals surface area contributed by atoms with Crippen molar-refractivity contribution in [2.75, 3.05) is 11.9 Å². The molecule has 0 bridgehead atoms. The minimum absolute atomic E-state index is 0.0895. The summed E-state index contributed by atoms with van der Waals surface area (Å²) in [6.07, 6.45) is 6.94. The number of hydrogen-bond acceptors (Lipinski definition) is 5. The van der Waals surface area contributed by atoms with Crippen molar-refractivity contribution in [2.45, 2.75) is 20.3 Å². The number of rotatable bonds is 7. The lowest BCUT2D eigenvalue weighted by atomic mass is 10.0. The maximum absolute atomic E-state index is 12.3. The Labute approximate surface area is 169 Å². The van der Waals surface area contributed by atoms with Crippen LogP contribution in [0.3, 0.4) is 0 Å². The van der Waals surface area contributed by atoms with E-state index in [2.05, 4.69) is 39.4 Å². The second kappa shape index (κ2) is 9.54. The fraction of sp³-hybridized carbons (Fsp3) is 0.227. The zero-order valence-electron chi connectivity index (χ0n) is 16.4. The quantitative estimate of drug-likeness (QED) is 0.644. The Morgan fingerprint density at radius 2 is 1.83 bits per heavy atom. The van der Waals surface area contributed by atoms with Crippen molar-refractivity contribution in [2.24, 2.45) is 5.92 Å². The molecule has 0 aliphatic heterocycles. The molecule has 3 aromatic rings. The van der Waals surface area contributed by atoms with Crippen molar-refractivity contribution in [3.05, 3.63) is 72.4 Å².